The van der Waals surface area contributed by atoms with Crippen molar-refractivity contribution < 1.29 is 4.79 Å². The maximum atomic E-state index is 12.1. The van der Waals surface area contributed by atoms with Crippen molar-refractivity contribution in [3.8, 4) is 0 Å². The number of nitrogens with one attached hydrogen (secondary N) is 2. The van der Waals surface area contributed by atoms with E-state index in [1.54, 1.807) is 12.1 Å². The second-order valence-corrected chi connectivity index (χ2v) is 5.21. The largest absolute Gasteiger partial charge is 0.332 e. The minimum Gasteiger partial charge on any atom is -0.332 e. The second-order valence-electron chi connectivity index (χ2n) is 4.80. The fraction of sp³-hybridized carbons (Fsp3) is 0. The van der Waals surface area contributed by atoms with Crippen LogP contribution in [-0.2, 0) is 0 Å². The summed E-state index contributed by atoms with van der Waals surface area (Å²) in [5, 5.41) is 8.23. The maximum Gasteiger partial charge on any atom is 0.257 e. The van der Waals surface area contributed by atoms with Gasteiger partial charge in [0.25, 0.3) is 5.91 Å². The molecule has 0 fully saturated rings. The van der Waals surface area contributed by atoms with Gasteiger partial charge in [-0.05, 0) is 35.8 Å². The second kappa shape index (κ2) is 6.37. The van der Waals surface area contributed by atoms with Gasteiger partial charge in [0.2, 0.25) is 0 Å². The van der Waals surface area contributed by atoms with Crippen molar-refractivity contribution in [1.82, 2.24) is 5.32 Å². The summed E-state index contributed by atoms with van der Waals surface area (Å²) in [6.07, 6.45) is 0. The Hall–Kier alpha value is -2.72. The van der Waals surface area contributed by atoms with E-state index in [0.29, 0.717) is 5.56 Å². The molecule has 0 unspecified atom stereocenters. The predicted molar refractivity (Wildman–Crippen MR) is 94.1 cm³/mol. The van der Waals surface area contributed by atoms with E-state index >= 15 is 0 Å². The zero-order valence-corrected chi connectivity index (χ0v) is 12.6. The summed E-state index contributed by atoms with van der Waals surface area (Å²) in [5.74, 6) is -0.224. The van der Waals surface area contributed by atoms with Gasteiger partial charge in [-0.2, -0.15) is 0 Å². The van der Waals surface area contributed by atoms with Gasteiger partial charge in [0.15, 0.2) is 5.11 Å². The van der Waals surface area contributed by atoms with Gasteiger partial charge in [-0.3, -0.25) is 10.1 Å². The first-order valence-corrected chi connectivity index (χ1v) is 7.30. The number of benzene rings is 3. The molecule has 3 rings (SSSR count). The van der Waals surface area contributed by atoms with E-state index in [2.05, 4.69) is 10.6 Å². The van der Waals surface area contributed by atoms with Crippen molar-refractivity contribution in [3.63, 3.8) is 0 Å². The molecule has 0 saturated carbocycles. The van der Waals surface area contributed by atoms with Gasteiger partial charge in [-0.1, -0.05) is 54.6 Å². The Bertz CT molecular complexity index is 825. The Balaban J connectivity index is 1.75. The summed E-state index contributed by atoms with van der Waals surface area (Å²) >= 11 is 5.23. The van der Waals surface area contributed by atoms with E-state index in [1.165, 1.54) is 0 Å². The molecule has 108 valence electrons. The maximum absolute atomic E-state index is 12.1. The third kappa shape index (κ3) is 3.13. The highest BCUT2D eigenvalue weighted by atomic mass is 32.1. The van der Waals surface area contributed by atoms with Gasteiger partial charge in [0.05, 0.1) is 0 Å². The Morgan fingerprint density at radius 3 is 2.32 bits per heavy atom. The lowest BCUT2D eigenvalue weighted by molar-refractivity contribution is 0.0978. The molecule has 3 nitrogen and oxygen atoms in total. The van der Waals surface area contributed by atoms with Gasteiger partial charge < -0.3 is 5.32 Å². The number of rotatable bonds is 2. The van der Waals surface area contributed by atoms with Crippen LogP contribution < -0.4 is 10.6 Å². The molecule has 0 heterocycles. The average Bonchev–Trinajstić information content (AvgIpc) is 2.56. The molecular formula is C18H14N2OS. The van der Waals surface area contributed by atoms with Crippen molar-refractivity contribution in [2.24, 2.45) is 0 Å². The minimum atomic E-state index is -0.224. The van der Waals surface area contributed by atoms with Crippen LogP contribution in [-0.4, -0.2) is 11.0 Å². The van der Waals surface area contributed by atoms with Crippen molar-refractivity contribution >= 4 is 39.7 Å². The van der Waals surface area contributed by atoms with Crippen LogP contribution in [0.2, 0.25) is 0 Å². The highest BCUT2D eigenvalue weighted by Crippen LogP contribution is 2.22. The first kappa shape index (κ1) is 14.2. The normalized spacial score (nSPS) is 10.2. The predicted octanol–water partition coefficient (Wildman–Crippen LogP) is 3.97. The van der Waals surface area contributed by atoms with Crippen molar-refractivity contribution in [3.05, 3.63) is 78.4 Å². The molecule has 3 aromatic carbocycles. The molecule has 0 aromatic heterocycles. The SMILES string of the molecule is O=C(NC(=S)Nc1cccc2ccccc12)c1ccccc1. The summed E-state index contributed by atoms with van der Waals surface area (Å²) in [5.41, 5.74) is 1.45. The van der Waals surface area contributed by atoms with Crippen LogP contribution in [0, 0.1) is 0 Å². The lowest BCUT2D eigenvalue weighted by atomic mass is 10.1. The van der Waals surface area contributed by atoms with Crippen molar-refractivity contribution in [2.75, 3.05) is 5.32 Å². The van der Waals surface area contributed by atoms with Gasteiger partial charge >= 0.3 is 0 Å². The van der Waals surface area contributed by atoms with Crippen molar-refractivity contribution in [2.45, 2.75) is 0 Å². The smallest absolute Gasteiger partial charge is 0.257 e. The number of thiocarbonyl (C=S) groups is 1. The van der Waals surface area contributed by atoms with Crippen LogP contribution in [0.25, 0.3) is 10.8 Å². The Labute approximate surface area is 134 Å². The fourth-order valence-electron chi connectivity index (χ4n) is 2.25. The number of hydrogen-bond donors (Lipinski definition) is 2. The first-order valence-electron chi connectivity index (χ1n) is 6.89. The number of fused-ring (bicyclic) bond motifs is 1. The van der Waals surface area contributed by atoms with E-state index in [0.717, 1.165) is 16.5 Å². The summed E-state index contributed by atoms with van der Waals surface area (Å²) in [7, 11) is 0. The molecule has 4 heteroatoms. The number of hydrogen-bond acceptors (Lipinski definition) is 2. The molecule has 0 radical (unpaired) electrons. The molecule has 0 atom stereocenters. The number of carbonyl (C=O) groups is 1. The topological polar surface area (TPSA) is 41.1 Å². The van der Waals surface area contributed by atoms with Crippen LogP contribution >= 0.6 is 12.2 Å². The van der Waals surface area contributed by atoms with E-state index in [1.807, 2.05) is 60.7 Å². The van der Waals surface area contributed by atoms with E-state index in [4.69, 9.17) is 12.2 Å². The highest BCUT2D eigenvalue weighted by Gasteiger charge is 2.08. The van der Waals surface area contributed by atoms with Crippen molar-refractivity contribution in [1.29, 1.82) is 0 Å². The van der Waals surface area contributed by atoms with Gasteiger partial charge in [-0.15, -0.1) is 0 Å². The summed E-state index contributed by atoms with van der Waals surface area (Å²) in [6.45, 7) is 0. The van der Waals surface area contributed by atoms with Crippen LogP contribution in [0.4, 0.5) is 5.69 Å². The third-order valence-corrected chi connectivity index (χ3v) is 3.51. The van der Waals surface area contributed by atoms with Crippen LogP contribution in [0.3, 0.4) is 0 Å². The Kier molecular flexibility index (Phi) is 4.12. The minimum absolute atomic E-state index is 0.224. The molecule has 1 amide bonds. The number of amides is 1. The Morgan fingerprint density at radius 2 is 1.50 bits per heavy atom. The molecule has 22 heavy (non-hydrogen) atoms. The average molecular weight is 306 g/mol. The molecule has 0 aliphatic rings. The summed E-state index contributed by atoms with van der Waals surface area (Å²) in [4.78, 5) is 12.1. The van der Waals surface area contributed by atoms with E-state index < -0.39 is 0 Å². The van der Waals surface area contributed by atoms with Crippen LogP contribution in [0.5, 0.6) is 0 Å². The van der Waals surface area contributed by atoms with Gasteiger partial charge in [0, 0.05) is 16.6 Å². The highest BCUT2D eigenvalue weighted by molar-refractivity contribution is 7.80. The van der Waals surface area contributed by atoms with Crippen LogP contribution in [0.15, 0.2) is 72.8 Å². The third-order valence-electron chi connectivity index (χ3n) is 3.30. The first-order chi connectivity index (χ1) is 10.7. The zero-order valence-electron chi connectivity index (χ0n) is 11.7. The monoisotopic (exact) mass is 306 g/mol. The molecular weight excluding hydrogens is 292 g/mol. The summed E-state index contributed by atoms with van der Waals surface area (Å²) in [6, 6.07) is 22.9. The lowest BCUT2D eigenvalue weighted by Gasteiger charge is -2.11. The van der Waals surface area contributed by atoms with Gasteiger partial charge in [-0.25, -0.2) is 0 Å². The lowest BCUT2D eigenvalue weighted by Crippen LogP contribution is -2.34. The van der Waals surface area contributed by atoms with Gasteiger partial charge in [0.1, 0.15) is 0 Å². The van der Waals surface area contributed by atoms with Crippen LogP contribution in [0.1, 0.15) is 10.4 Å². The quantitative estimate of drug-likeness (QED) is 0.704. The molecule has 0 bridgehead atoms. The standard InChI is InChI=1S/C18H14N2OS/c21-17(14-8-2-1-3-9-14)20-18(22)19-16-12-6-10-13-7-4-5-11-15(13)16/h1-12H,(H2,19,20,21,22). The Morgan fingerprint density at radius 1 is 0.818 bits per heavy atom. The zero-order chi connectivity index (χ0) is 15.4. The number of carbonyl (C=O) groups excluding carboxylic acids is 1. The molecule has 2 N–H and O–H groups in total. The number of anilines is 1. The fourth-order valence-corrected chi connectivity index (χ4v) is 2.46. The summed E-state index contributed by atoms with van der Waals surface area (Å²) < 4.78 is 0. The molecule has 0 aliphatic carbocycles. The van der Waals surface area contributed by atoms with E-state index in [-0.39, 0.29) is 11.0 Å². The van der Waals surface area contributed by atoms with E-state index in [9.17, 15) is 4.79 Å². The molecule has 0 aliphatic heterocycles. The molecule has 0 spiro atoms. The molecule has 0 saturated heterocycles. The molecule has 3 aromatic rings.